The van der Waals surface area contributed by atoms with Crippen LogP contribution >= 0.6 is 11.8 Å². The van der Waals surface area contributed by atoms with Crippen molar-refractivity contribution in [1.82, 2.24) is 0 Å². The minimum absolute atomic E-state index is 0.0243. The van der Waals surface area contributed by atoms with Gasteiger partial charge in [-0.25, -0.2) is 0 Å². The largest absolute Gasteiger partial charge is 0.490 e. The Morgan fingerprint density at radius 1 is 1.36 bits per heavy atom. The number of ether oxygens (including phenoxy) is 2. The van der Waals surface area contributed by atoms with E-state index in [0.29, 0.717) is 42.7 Å². The standard InChI is InChI=1S/C18H22N2O4S/c1-3-23-14-9-12-5-7-20-18(13(12)10-15(14)24-4-2)16(11-19)25-8-6-17(21)22/h9-10,16H,3-8H2,1-2H3,(H,21,22). The van der Waals surface area contributed by atoms with E-state index in [1.807, 2.05) is 26.0 Å². The normalized spacial score (nSPS) is 14.0. The molecule has 0 spiro atoms. The van der Waals surface area contributed by atoms with Crippen molar-refractivity contribution in [3.8, 4) is 17.6 Å². The first-order chi connectivity index (χ1) is 12.1. The van der Waals surface area contributed by atoms with Gasteiger partial charge in [-0.05, 0) is 38.0 Å². The zero-order valence-electron chi connectivity index (χ0n) is 14.4. The van der Waals surface area contributed by atoms with Gasteiger partial charge in [0.05, 0.1) is 31.4 Å². The van der Waals surface area contributed by atoms with E-state index in [2.05, 4.69) is 11.1 Å². The number of carboxylic acid groups (broad SMARTS) is 1. The Balaban J connectivity index is 2.31. The van der Waals surface area contributed by atoms with Gasteiger partial charge in [-0.1, -0.05) is 0 Å². The molecule has 1 N–H and O–H groups in total. The molecule has 1 heterocycles. The van der Waals surface area contributed by atoms with Crippen LogP contribution in [0.5, 0.6) is 11.5 Å². The number of carbonyl (C=O) groups is 1. The number of benzene rings is 1. The molecule has 1 aromatic carbocycles. The molecular weight excluding hydrogens is 340 g/mol. The Hall–Kier alpha value is -2.20. The van der Waals surface area contributed by atoms with Gasteiger partial charge in [0.15, 0.2) is 11.5 Å². The number of nitriles is 1. The zero-order chi connectivity index (χ0) is 18.2. The number of carboxylic acids is 1. The fourth-order valence-electron chi connectivity index (χ4n) is 2.63. The lowest BCUT2D eigenvalue weighted by molar-refractivity contribution is -0.136. The molecule has 0 saturated carbocycles. The summed E-state index contributed by atoms with van der Waals surface area (Å²) >= 11 is 1.31. The van der Waals surface area contributed by atoms with Crippen LogP contribution in [0, 0.1) is 11.3 Å². The summed E-state index contributed by atoms with van der Waals surface area (Å²) < 4.78 is 11.4. The molecule has 1 aliphatic heterocycles. The maximum absolute atomic E-state index is 10.7. The molecule has 1 aromatic rings. The lowest BCUT2D eigenvalue weighted by Gasteiger charge is -2.22. The highest BCUT2D eigenvalue weighted by molar-refractivity contribution is 8.00. The highest BCUT2D eigenvalue weighted by Gasteiger charge is 2.25. The number of thioether (sulfide) groups is 1. The van der Waals surface area contributed by atoms with Crippen molar-refractivity contribution >= 4 is 23.4 Å². The average molecular weight is 362 g/mol. The summed E-state index contributed by atoms with van der Waals surface area (Å²) in [5.41, 5.74) is 2.67. The van der Waals surface area contributed by atoms with Crippen molar-refractivity contribution in [2.75, 3.05) is 25.5 Å². The van der Waals surface area contributed by atoms with Gasteiger partial charge < -0.3 is 14.6 Å². The van der Waals surface area contributed by atoms with Gasteiger partial charge in [-0.3, -0.25) is 9.79 Å². The highest BCUT2D eigenvalue weighted by Crippen LogP contribution is 2.35. The van der Waals surface area contributed by atoms with Crippen LogP contribution in [0.1, 0.15) is 31.4 Å². The smallest absolute Gasteiger partial charge is 0.304 e. The average Bonchev–Trinajstić information content (AvgIpc) is 2.59. The number of hydrogen-bond donors (Lipinski definition) is 1. The summed E-state index contributed by atoms with van der Waals surface area (Å²) in [5.74, 6) is 0.855. The Kier molecular flexibility index (Phi) is 7.14. The number of hydrogen-bond acceptors (Lipinski definition) is 6. The van der Waals surface area contributed by atoms with Crippen LogP contribution in [0.2, 0.25) is 0 Å². The van der Waals surface area contributed by atoms with E-state index in [0.717, 1.165) is 17.5 Å². The second kappa shape index (κ2) is 9.33. The van der Waals surface area contributed by atoms with E-state index in [1.54, 1.807) is 0 Å². The molecule has 0 amide bonds. The molecule has 0 aliphatic carbocycles. The minimum Gasteiger partial charge on any atom is -0.490 e. The number of rotatable bonds is 9. The first-order valence-electron chi connectivity index (χ1n) is 8.30. The first-order valence-corrected chi connectivity index (χ1v) is 9.35. The third-order valence-corrected chi connectivity index (χ3v) is 4.78. The van der Waals surface area contributed by atoms with Gasteiger partial charge in [-0.15, -0.1) is 11.8 Å². The van der Waals surface area contributed by atoms with Crippen LogP contribution < -0.4 is 9.47 Å². The van der Waals surface area contributed by atoms with Crippen LogP contribution in [0.25, 0.3) is 0 Å². The third-order valence-electron chi connectivity index (χ3n) is 3.67. The highest BCUT2D eigenvalue weighted by atomic mass is 32.2. The van der Waals surface area contributed by atoms with Gasteiger partial charge in [0.25, 0.3) is 0 Å². The Bertz CT molecular complexity index is 697. The molecule has 1 aliphatic rings. The topological polar surface area (TPSA) is 91.9 Å². The lowest BCUT2D eigenvalue weighted by atomic mass is 9.95. The molecule has 1 atom stereocenters. The molecular formula is C18H22N2O4S. The number of aliphatic carboxylic acids is 1. The quantitative estimate of drug-likeness (QED) is 0.726. The zero-order valence-corrected chi connectivity index (χ0v) is 15.3. The molecule has 134 valence electrons. The molecule has 2 rings (SSSR count). The fraction of sp³-hybridized carbons (Fsp3) is 0.500. The number of nitrogens with zero attached hydrogens (tertiary/aromatic N) is 2. The summed E-state index contributed by atoms with van der Waals surface area (Å²) in [6.45, 7) is 5.50. The van der Waals surface area contributed by atoms with E-state index in [-0.39, 0.29) is 6.42 Å². The van der Waals surface area contributed by atoms with Crippen LogP contribution in [-0.4, -0.2) is 47.5 Å². The summed E-state index contributed by atoms with van der Waals surface area (Å²) in [6, 6.07) is 6.10. The van der Waals surface area contributed by atoms with Crippen LogP contribution in [0.3, 0.4) is 0 Å². The number of fused-ring (bicyclic) bond motifs is 1. The van der Waals surface area contributed by atoms with E-state index in [4.69, 9.17) is 14.6 Å². The Morgan fingerprint density at radius 3 is 2.64 bits per heavy atom. The SMILES string of the molecule is CCOc1cc2c(cc1OCC)C(C(C#N)SCCC(=O)O)=NCC2. The van der Waals surface area contributed by atoms with Crippen molar-refractivity contribution in [1.29, 1.82) is 5.26 Å². The fourth-order valence-corrected chi connectivity index (χ4v) is 3.59. The van der Waals surface area contributed by atoms with E-state index < -0.39 is 11.2 Å². The van der Waals surface area contributed by atoms with Gasteiger partial charge in [0.2, 0.25) is 0 Å². The summed E-state index contributed by atoms with van der Waals surface area (Å²) in [5, 5.41) is 17.8. The molecule has 0 fully saturated rings. The van der Waals surface area contributed by atoms with Crippen molar-refractivity contribution in [3.05, 3.63) is 23.3 Å². The molecule has 0 saturated heterocycles. The molecule has 0 aromatic heterocycles. The summed E-state index contributed by atoms with van der Waals surface area (Å²) in [6.07, 6.45) is 0.805. The molecule has 7 heteroatoms. The molecule has 6 nitrogen and oxygen atoms in total. The maximum Gasteiger partial charge on any atom is 0.304 e. The van der Waals surface area contributed by atoms with Crippen molar-refractivity contribution in [2.45, 2.75) is 31.9 Å². The molecule has 1 unspecified atom stereocenters. The van der Waals surface area contributed by atoms with E-state index >= 15 is 0 Å². The van der Waals surface area contributed by atoms with Crippen LogP contribution in [0.15, 0.2) is 17.1 Å². The first kappa shape index (κ1) is 19.1. The second-order valence-electron chi connectivity index (χ2n) is 5.36. The maximum atomic E-state index is 10.7. The van der Waals surface area contributed by atoms with Crippen LogP contribution in [-0.2, 0) is 11.2 Å². The molecule has 25 heavy (non-hydrogen) atoms. The van der Waals surface area contributed by atoms with E-state index in [9.17, 15) is 10.1 Å². The van der Waals surface area contributed by atoms with E-state index in [1.165, 1.54) is 11.8 Å². The molecule has 0 radical (unpaired) electrons. The number of aliphatic imine (C=N–C) groups is 1. The molecule has 0 bridgehead atoms. The minimum atomic E-state index is -0.866. The predicted molar refractivity (Wildman–Crippen MR) is 98.0 cm³/mol. The van der Waals surface area contributed by atoms with Crippen molar-refractivity contribution in [3.63, 3.8) is 0 Å². The second-order valence-corrected chi connectivity index (χ2v) is 6.58. The van der Waals surface area contributed by atoms with Gasteiger partial charge in [0, 0.05) is 17.9 Å². The lowest BCUT2D eigenvalue weighted by Crippen LogP contribution is -2.24. The van der Waals surface area contributed by atoms with Gasteiger partial charge in [-0.2, -0.15) is 5.26 Å². The Morgan fingerprint density at radius 2 is 2.04 bits per heavy atom. The summed E-state index contributed by atoms with van der Waals surface area (Å²) in [4.78, 5) is 15.2. The third kappa shape index (κ3) is 4.89. The van der Waals surface area contributed by atoms with Crippen LogP contribution in [0.4, 0.5) is 0 Å². The summed E-state index contributed by atoms with van der Waals surface area (Å²) in [7, 11) is 0. The van der Waals surface area contributed by atoms with Crippen molar-refractivity contribution in [2.24, 2.45) is 4.99 Å². The predicted octanol–water partition coefficient (Wildman–Crippen LogP) is 2.93. The van der Waals surface area contributed by atoms with Gasteiger partial charge in [0.1, 0.15) is 5.25 Å². The van der Waals surface area contributed by atoms with Crippen molar-refractivity contribution < 1.29 is 19.4 Å². The monoisotopic (exact) mass is 362 g/mol. The Labute approximate surface area is 151 Å². The van der Waals surface area contributed by atoms with Gasteiger partial charge >= 0.3 is 5.97 Å².